The van der Waals surface area contributed by atoms with Crippen molar-refractivity contribution in [3.8, 4) is 0 Å². The molecule has 1 amide bonds. The predicted octanol–water partition coefficient (Wildman–Crippen LogP) is 4.99. The number of halogens is 5. The number of carbonyl (C=O) groups is 1. The lowest BCUT2D eigenvalue weighted by molar-refractivity contribution is -0.173. The van der Waals surface area contributed by atoms with Crippen LogP contribution in [0.3, 0.4) is 0 Å². The summed E-state index contributed by atoms with van der Waals surface area (Å²) in [5.41, 5.74) is 0.512. The van der Waals surface area contributed by atoms with E-state index in [0.29, 0.717) is 23.6 Å². The molecule has 27 heavy (non-hydrogen) atoms. The third-order valence-corrected chi connectivity index (χ3v) is 5.04. The van der Waals surface area contributed by atoms with Crippen LogP contribution in [0.25, 0.3) is 0 Å². The molecule has 0 radical (unpaired) electrons. The quantitative estimate of drug-likeness (QED) is 0.732. The molecule has 0 saturated heterocycles. The van der Waals surface area contributed by atoms with Crippen LogP contribution < -0.4 is 10.6 Å². The maximum atomic E-state index is 13.6. The van der Waals surface area contributed by atoms with Gasteiger partial charge in [0, 0.05) is 19.0 Å². The Kier molecular flexibility index (Phi) is 5.58. The molecule has 2 atom stereocenters. The van der Waals surface area contributed by atoms with Crippen LogP contribution in [0.4, 0.5) is 19.0 Å². The molecule has 0 bridgehead atoms. The molecule has 146 valence electrons. The van der Waals surface area contributed by atoms with Crippen LogP contribution in [-0.2, 0) is 0 Å². The molecule has 1 aliphatic rings. The molecular weight excluding hydrogens is 404 g/mol. The van der Waals surface area contributed by atoms with Crippen LogP contribution in [0.15, 0.2) is 24.3 Å². The summed E-state index contributed by atoms with van der Waals surface area (Å²) in [4.78, 5) is 12.1. The number of fused-ring (bicyclic) bond motifs is 1. The Labute approximate surface area is 163 Å². The number of benzene rings is 1. The Bertz CT molecular complexity index is 853. The van der Waals surface area contributed by atoms with Gasteiger partial charge in [-0.1, -0.05) is 36.2 Å². The molecule has 2 aromatic rings. The van der Waals surface area contributed by atoms with Crippen LogP contribution >= 0.6 is 23.2 Å². The fourth-order valence-corrected chi connectivity index (χ4v) is 3.27. The topological polar surface area (TPSA) is 59.0 Å². The third kappa shape index (κ3) is 4.16. The summed E-state index contributed by atoms with van der Waals surface area (Å²) in [5, 5.41) is 10.1. The Morgan fingerprint density at radius 1 is 1.33 bits per heavy atom. The van der Waals surface area contributed by atoms with E-state index in [4.69, 9.17) is 23.2 Å². The van der Waals surface area contributed by atoms with Gasteiger partial charge < -0.3 is 10.6 Å². The summed E-state index contributed by atoms with van der Waals surface area (Å²) in [6.07, 6.45) is -4.09. The zero-order valence-corrected chi connectivity index (χ0v) is 15.8. The number of amides is 1. The van der Waals surface area contributed by atoms with E-state index in [1.54, 1.807) is 12.1 Å². The van der Waals surface area contributed by atoms with E-state index in [1.807, 2.05) is 6.92 Å². The molecule has 2 N–H and O–H groups in total. The number of hydrogen-bond donors (Lipinski definition) is 2. The van der Waals surface area contributed by atoms with Crippen molar-refractivity contribution in [1.29, 1.82) is 0 Å². The number of hydrogen-bond acceptors (Lipinski definition) is 3. The zero-order valence-electron chi connectivity index (χ0n) is 14.3. The Hall–Kier alpha value is -1.93. The predicted molar refractivity (Wildman–Crippen MR) is 97.4 cm³/mol. The van der Waals surface area contributed by atoms with Crippen molar-refractivity contribution in [2.24, 2.45) is 0 Å². The van der Waals surface area contributed by atoms with Gasteiger partial charge in [-0.25, -0.2) is 4.68 Å². The van der Waals surface area contributed by atoms with Gasteiger partial charge in [-0.3, -0.25) is 4.79 Å². The van der Waals surface area contributed by atoms with Crippen molar-refractivity contribution < 1.29 is 18.0 Å². The standard InChI is InChI=1S/C17H17Cl2F3N4O/c1-2-5-23-16(27)13-8-15-24-12(9-3-4-10(18)11(19)6-9)7-14(17(20,21)22)26(15)25-13/h3-4,6,8,12,14,24H,2,5,7H2,1H3,(H,23,27)/t12-,14-/m1/s1. The molecule has 1 aromatic heterocycles. The average molecular weight is 421 g/mol. The van der Waals surface area contributed by atoms with E-state index < -0.39 is 24.2 Å². The molecule has 0 fully saturated rings. The first kappa shape index (κ1) is 19.8. The highest BCUT2D eigenvalue weighted by atomic mass is 35.5. The van der Waals surface area contributed by atoms with Crippen molar-refractivity contribution in [2.45, 2.75) is 38.0 Å². The SMILES string of the molecule is CCCNC(=O)c1cc2n(n1)[C@@H](C(F)(F)F)C[C@H](c1ccc(Cl)c(Cl)c1)N2. The second-order valence-electron chi connectivity index (χ2n) is 6.28. The van der Waals surface area contributed by atoms with Crippen LogP contribution in [0.1, 0.15) is 47.9 Å². The number of nitrogens with one attached hydrogen (secondary N) is 2. The molecule has 0 saturated carbocycles. The van der Waals surface area contributed by atoms with E-state index in [0.717, 1.165) is 4.68 Å². The molecule has 5 nitrogen and oxygen atoms in total. The van der Waals surface area contributed by atoms with Crippen LogP contribution in [-0.4, -0.2) is 28.4 Å². The van der Waals surface area contributed by atoms with Gasteiger partial charge in [0.25, 0.3) is 5.91 Å². The van der Waals surface area contributed by atoms with Crippen molar-refractivity contribution >= 4 is 34.9 Å². The van der Waals surface area contributed by atoms with Gasteiger partial charge >= 0.3 is 6.18 Å². The summed E-state index contributed by atoms with van der Waals surface area (Å²) in [5.74, 6) is -0.381. The lowest BCUT2D eigenvalue weighted by Crippen LogP contribution is -2.35. The Morgan fingerprint density at radius 2 is 2.07 bits per heavy atom. The highest BCUT2D eigenvalue weighted by Gasteiger charge is 2.46. The fourth-order valence-electron chi connectivity index (χ4n) is 2.96. The molecular formula is C17H17Cl2F3N4O. The monoisotopic (exact) mass is 420 g/mol. The molecule has 3 rings (SSSR count). The van der Waals surface area contributed by atoms with Crippen LogP contribution in [0.5, 0.6) is 0 Å². The molecule has 1 aromatic carbocycles. The molecule has 0 unspecified atom stereocenters. The molecule has 2 heterocycles. The van der Waals surface area contributed by atoms with Crippen molar-refractivity contribution in [3.05, 3.63) is 45.6 Å². The number of anilines is 1. The van der Waals surface area contributed by atoms with Crippen molar-refractivity contribution in [1.82, 2.24) is 15.1 Å². The summed E-state index contributed by atoms with van der Waals surface area (Å²) >= 11 is 11.9. The van der Waals surface area contributed by atoms with Gasteiger partial charge in [0.2, 0.25) is 0 Å². The first-order valence-corrected chi connectivity index (χ1v) is 9.12. The van der Waals surface area contributed by atoms with Crippen LogP contribution in [0.2, 0.25) is 10.0 Å². The maximum absolute atomic E-state index is 13.6. The second-order valence-corrected chi connectivity index (χ2v) is 7.09. The first-order chi connectivity index (χ1) is 12.7. The van der Waals surface area contributed by atoms with Gasteiger partial charge in [0.1, 0.15) is 5.82 Å². The minimum absolute atomic E-state index is 0.0602. The van der Waals surface area contributed by atoms with Gasteiger partial charge in [-0.05, 0) is 24.1 Å². The fraction of sp³-hybridized carbons (Fsp3) is 0.412. The van der Waals surface area contributed by atoms with Gasteiger partial charge in [-0.15, -0.1) is 0 Å². The molecule has 1 aliphatic heterocycles. The summed E-state index contributed by atoms with van der Waals surface area (Å²) < 4.78 is 41.7. The largest absolute Gasteiger partial charge is 0.410 e. The maximum Gasteiger partial charge on any atom is 0.410 e. The summed E-state index contributed by atoms with van der Waals surface area (Å²) in [6, 6.07) is 3.52. The number of rotatable bonds is 4. The van der Waals surface area contributed by atoms with Gasteiger partial charge in [0.15, 0.2) is 11.7 Å². The van der Waals surface area contributed by atoms with Gasteiger partial charge in [-0.2, -0.15) is 18.3 Å². The molecule has 10 heteroatoms. The number of alkyl halides is 3. The highest BCUT2D eigenvalue weighted by Crippen LogP contribution is 2.44. The van der Waals surface area contributed by atoms with E-state index in [2.05, 4.69) is 15.7 Å². The lowest BCUT2D eigenvalue weighted by Gasteiger charge is -2.33. The molecule has 0 spiro atoms. The van der Waals surface area contributed by atoms with Gasteiger partial charge in [0.05, 0.1) is 16.1 Å². The number of nitrogens with zero attached hydrogens (tertiary/aromatic N) is 2. The van der Waals surface area contributed by atoms with Crippen molar-refractivity contribution in [2.75, 3.05) is 11.9 Å². The normalized spacial score (nSPS) is 19.3. The Balaban J connectivity index is 1.95. The smallest absolute Gasteiger partial charge is 0.363 e. The van der Waals surface area contributed by atoms with E-state index >= 15 is 0 Å². The number of aromatic nitrogens is 2. The van der Waals surface area contributed by atoms with E-state index in [1.165, 1.54) is 12.1 Å². The second kappa shape index (κ2) is 7.59. The lowest BCUT2D eigenvalue weighted by atomic mass is 9.97. The molecule has 0 aliphatic carbocycles. The Morgan fingerprint density at radius 3 is 2.70 bits per heavy atom. The summed E-state index contributed by atoms with van der Waals surface area (Å²) in [6.45, 7) is 2.30. The van der Waals surface area contributed by atoms with Crippen molar-refractivity contribution in [3.63, 3.8) is 0 Å². The van der Waals surface area contributed by atoms with Crippen LogP contribution in [0, 0.1) is 0 Å². The average Bonchev–Trinajstić information content (AvgIpc) is 3.04. The number of carbonyl (C=O) groups excluding carboxylic acids is 1. The summed E-state index contributed by atoms with van der Waals surface area (Å²) in [7, 11) is 0. The minimum Gasteiger partial charge on any atom is -0.363 e. The zero-order chi connectivity index (χ0) is 19.8. The third-order valence-electron chi connectivity index (χ3n) is 4.30. The van der Waals surface area contributed by atoms with E-state index in [9.17, 15) is 18.0 Å². The highest BCUT2D eigenvalue weighted by molar-refractivity contribution is 6.42. The minimum atomic E-state index is -4.52. The van der Waals surface area contributed by atoms with E-state index in [-0.39, 0.29) is 23.0 Å². The first-order valence-electron chi connectivity index (χ1n) is 8.36.